The van der Waals surface area contributed by atoms with Crippen molar-refractivity contribution in [1.82, 2.24) is 10.3 Å². The summed E-state index contributed by atoms with van der Waals surface area (Å²) >= 11 is 0. The first-order chi connectivity index (χ1) is 12.6. The highest BCUT2D eigenvalue weighted by atomic mass is 19.4. The van der Waals surface area contributed by atoms with Gasteiger partial charge < -0.3 is 10.4 Å². The Labute approximate surface area is 151 Å². The van der Waals surface area contributed by atoms with Crippen LogP contribution < -0.4 is 5.32 Å². The molecule has 4 nitrogen and oxygen atoms in total. The Hall–Kier alpha value is -2.55. The van der Waals surface area contributed by atoms with Crippen LogP contribution in [-0.4, -0.2) is 16.0 Å². The minimum Gasteiger partial charge on any atom is -0.387 e. The van der Waals surface area contributed by atoms with Crippen molar-refractivity contribution in [2.45, 2.75) is 37.3 Å². The first-order valence-electron chi connectivity index (χ1n) is 8.10. The molecule has 0 aliphatic heterocycles. The molecule has 2 aromatic rings. The van der Waals surface area contributed by atoms with Gasteiger partial charge in [-0.05, 0) is 31.0 Å². The molecule has 1 amide bonds. The maximum absolute atomic E-state index is 15.4. The third-order valence-electron chi connectivity index (χ3n) is 4.55. The highest BCUT2D eigenvalue weighted by Gasteiger charge is 2.47. The normalized spacial score (nSPS) is 22.2. The number of carbonyl (C=O) groups excluding carboxylic acids is 1. The molecule has 0 saturated heterocycles. The molecule has 0 saturated carbocycles. The van der Waals surface area contributed by atoms with Gasteiger partial charge in [-0.25, -0.2) is 8.78 Å². The van der Waals surface area contributed by atoms with E-state index in [1.807, 2.05) is 0 Å². The Balaban J connectivity index is 1.87. The van der Waals surface area contributed by atoms with Gasteiger partial charge in [0.25, 0.3) is 5.91 Å². The summed E-state index contributed by atoms with van der Waals surface area (Å²) in [6.07, 6.45) is -4.98. The maximum Gasteiger partial charge on any atom is 0.416 e. The van der Waals surface area contributed by atoms with Crippen LogP contribution in [0.1, 0.15) is 41.3 Å². The quantitative estimate of drug-likeness (QED) is 0.794. The van der Waals surface area contributed by atoms with Crippen LogP contribution in [0.25, 0.3) is 0 Å². The summed E-state index contributed by atoms with van der Waals surface area (Å²) < 4.78 is 68.4. The van der Waals surface area contributed by atoms with Gasteiger partial charge >= 0.3 is 6.18 Å². The van der Waals surface area contributed by atoms with Gasteiger partial charge in [0.2, 0.25) is 5.67 Å². The van der Waals surface area contributed by atoms with Crippen LogP contribution in [-0.2, 0) is 23.2 Å². The Morgan fingerprint density at radius 3 is 2.74 bits per heavy atom. The van der Waals surface area contributed by atoms with Crippen LogP contribution in [0.3, 0.4) is 0 Å². The molecule has 2 N–H and O–H groups in total. The van der Waals surface area contributed by atoms with Crippen LogP contribution in [0.4, 0.5) is 22.0 Å². The molecule has 3 rings (SSSR count). The Bertz CT molecular complexity index is 871. The van der Waals surface area contributed by atoms with E-state index < -0.39 is 47.3 Å². The summed E-state index contributed by atoms with van der Waals surface area (Å²) in [4.78, 5) is 16.3. The molecule has 1 heterocycles. The lowest BCUT2D eigenvalue weighted by Crippen LogP contribution is -2.44. The number of hydrogen-bond donors (Lipinski definition) is 2. The summed E-state index contributed by atoms with van der Waals surface area (Å²) in [5.41, 5.74) is -4.73. The number of nitrogens with one attached hydrogen (secondary N) is 1. The SMILES string of the molecule is O=C(NCc1c(F)cccc1C(F)(F)F)[C@]1(F)CC[C@H](O)c2ncccc21. The zero-order valence-electron chi connectivity index (χ0n) is 13.9. The number of carbonyl (C=O) groups is 1. The van der Waals surface area contributed by atoms with Gasteiger partial charge in [-0.3, -0.25) is 9.78 Å². The number of hydrogen-bond acceptors (Lipinski definition) is 3. The van der Waals surface area contributed by atoms with Gasteiger partial charge in [-0.2, -0.15) is 13.2 Å². The Morgan fingerprint density at radius 1 is 1.30 bits per heavy atom. The first-order valence-corrected chi connectivity index (χ1v) is 8.10. The molecule has 1 aromatic carbocycles. The standard InChI is InChI=1S/C18H15F5N2O2/c19-13-5-1-3-11(18(21,22)23)10(13)9-25-16(27)17(20)7-6-14(26)15-12(17)4-2-8-24-15/h1-5,8,14,26H,6-7,9H2,(H,25,27)/t14-,17-/m0/s1. The van der Waals surface area contributed by atoms with E-state index in [1.54, 1.807) is 0 Å². The topological polar surface area (TPSA) is 62.2 Å². The second kappa shape index (κ2) is 6.88. The average Bonchev–Trinajstić information content (AvgIpc) is 2.63. The summed E-state index contributed by atoms with van der Waals surface area (Å²) in [5.74, 6) is -2.36. The molecule has 1 aromatic heterocycles. The highest BCUT2D eigenvalue weighted by Crippen LogP contribution is 2.42. The molecule has 2 atom stereocenters. The smallest absolute Gasteiger partial charge is 0.387 e. The molecule has 1 aliphatic rings. The van der Waals surface area contributed by atoms with Crippen molar-refractivity contribution < 1.29 is 31.9 Å². The van der Waals surface area contributed by atoms with Gasteiger partial charge in [0.05, 0.1) is 17.4 Å². The summed E-state index contributed by atoms with van der Waals surface area (Å²) in [5, 5.41) is 12.0. The van der Waals surface area contributed by atoms with Crippen molar-refractivity contribution in [3.8, 4) is 0 Å². The summed E-state index contributed by atoms with van der Waals surface area (Å²) in [7, 11) is 0. The molecule has 0 spiro atoms. The molecule has 27 heavy (non-hydrogen) atoms. The number of alkyl halides is 4. The van der Waals surface area contributed by atoms with Gasteiger partial charge in [0.15, 0.2) is 0 Å². The number of aliphatic hydroxyl groups excluding tert-OH is 1. The third-order valence-corrected chi connectivity index (χ3v) is 4.55. The molecule has 0 bridgehead atoms. The van der Waals surface area contributed by atoms with Crippen LogP contribution in [0.2, 0.25) is 0 Å². The summed E-state index contributed by atoms with van der Waals surface area (Å²) in [6.45, 7) is -0.829. The molecule has 144 valence electrons. The molecule has 0 fully saturated rings. The fourth-order valence-electron chi connectivity index (χ4n) is 3.17. The van der Waals surface area contributed by atoms with Gasteiger partial charge in [0.1, 0.15) is 5.82 Å². The molecular weight excluding hydrogens is 371 g/mol. The number of rotatable bonds is 3. The van der Waals surface area contributed by atoms with Crippen molar-refractivity contribution in [2.75, 3.05) is 0 Å². The highest BCUT2D eigenvalue weighted by molar-refractivity contribution is 5.87. The van der Waals surface area contributed by atoms with E-state index in [4.69, 9.17) is 0 Å². The molecular formula is C18H15F5N2O2. The largest absolute Gasteiger partial charge is 0.416 e. The lowest BCUT2D eigenvalue weighted by atomic mass is 9.81. The third kappa shape index (κ3) is 3.51. The van der Waals surface area contributed by atoms with Crippen molar-refractivity contribution in [3.05, 3.63) is 64.7 Å². The Morgan fingerprint density at radius 2 is 2.04 bits per heavy atom. The number of pyridine rings is 1. The number of amides is 1. The Kier molecular flexibility index (Phi) is 4.90. The fourth-order valence-corrected chi connectivity index (χ4v) is 3.17. The van der Waals surface area contributed by atoms with Crippen LogP contribution in [0, 0.1) is 5.82 Å². The van der Waals surface area contributed by atoms with Crippen molar-refractivity contribution in [3.63, 3.8) is 0 Å². The number of nitrogens with zero attached hydrogens (tertiary/aromatic N) is 1. The molecule has 0 unspecified atom stereocenters. The minimum absolute atomic E-state index is 0.00303. The van der Waals surface area contributed by atoms with E-state index in [9.17, 15) is 27.5 Å². The van der Waals surface area contributed by atoms with E-state index in [1.165, 1.54) is 18.3 Å². The van der Waals surface area contributed by atoms with Gasteiger partial charge in [-0.1, -0.05) is 12.1 Å². The van der Waals surface area contributed by atoms with E-state index in [2.05, 4.69) is 10.3 Å². The molecule has 1 aliphatic carbocycles. The zero-order chi connectivity index (χ0) is 19.8. The fraction of sp³-hybridized carbons (Fsp3) is 0.333. The van der Waals surface area contributed by atoms with Crippen LogP contribution in [0.5, 0.6) is 0 Å². The van der Waals surface area contributed by atoms with E-state index in [0.29, 0.717) is 6.07 Å². The average molecular weight is 386 g/mol. The zero-order valence-corrected chi connectivity index (χ0v) is 13.9. The number of benzene rings is 1. The second-order valence-corrected chi connectivity index (χ2v) is 6.24. The number of halogens is 5. The van der Waals surface area contributed by atoms with E-state index >= 15 is 4.39 Å². The first kappa shape index (κ1) is 19.2. The predicted molar refractivity (Wildman–Crippen MR) is 84.5 cm³/mol. The number of aliphatic hydroxyl groups is 1. The van der Waals surface area contributed by atoms with Crippen LogP contribution >= 0.6 is 0 Å². The summed E-state index contributed by atoms with van der Waals surface area (Å²) in [6, 6.07) is 5.10. The van der Waals surface area contributed by atoms with Gasteiger partial charge in [-0.15, -0.1) is 0 Å². The lowest BCUT2D eigenvalue weighted by Gasteiger charge is -2.32. The lowest BCUT2D eigenvalue weighted by molar-refractivity contribution is -0.139. The number of aromatic nitrogens is 1. The predicted octanol–water partition coefficient (Wildman–Crippen LogP) is 3.55. The monoisotopic (exact) mass is 386 g/mol. The van der Waals surface area contributed by atoms with Crippen molar-refractivity contribution in [1.29, 1.82) is 0 Å². The molecule has 9 heteroatoms. The maximum atomic E-state index is 15.4. The molecule has 0 radical (unpaired) electrons. The van der Waals surface area contributed by atoms with E-state index in [-0.39, 0.29) is 24.1 Å². The van der Waals surface area contributed by atoms with Crippen LogP contribution in [0.15, 0.2) is 36.5 Å². The van der Waals surface area contributed by atoms with Crippen molar-refractivity contribution >= 4 is 5.91 Å². The van der Waals surface area contributed by atoms with Crippen molar-refractivity contribution in [2.24, 2.45) is 0 Å². The minimum atomic E-state index is -4.82. The second-order valence-electron chi connectivity index (χ2n) is 6.24. The van der Waals surface area contributed by atoms with Gasteiger partial charge in [0, 0.05) is 23.9 Å². The number of fused-ring (bicyclic) bond motifs is 1. The van der Waals surface area contributed by atoms with E-state index in [0.717, 1.165) is 12.1 Å².